The summed E-state index contributed by atoms with van der Waals surface area (Å²) in [7, 11) is 0. The summed E-state index contributed by atoms with van der Waals surface area (Å²) in [5, 5.41) is 33.3. The fourth-order valence-electron chi connectivity index (χ4n) is 0.306. The minimum atomic E-state index is -0.833. The van der Waals surface area contributed by atoms with Crippen LogP contribution >= 0.6 is 0 Å². The van der Waals surface area contributed by atoms with Crippen molar-refractivity contribution in [3.63, 3.8) is 0 Å². The van der Waals surface area contributed by atoms with E-state index < -0.39 is 17.9 Å². The van der Waals surface area contributed by atoms with Gasteiger partial charge >= 0.3 is 0 Å². The van der Waals surface area contributed by atoms with E-state index >= 15 is 0 Å². The molecule has 0 bridgehead atoms. The van der Waals surface area contributed by atoms with Crippen LogP contribution in [-0.4, -0.2) is 94.1 Å². The number of aliphatic hydroxyl groups is 1. The first kappa shape index (κ1) is 37.2. The number of aliphatic hydroxyl groups excluding tert-OH is 1. The summed E-state index contributed by atoms with van der Waals surface area (Å²) < 4.78 is 0. The molecule has 0 aromatic heterocycles. The van der Waals surface area contributed by atoms with Crippen molar-refractivity contribution in [3.8, 4) is 0 Å². The number of carboxylic acids is 3. The Morgan fingerprint density at radius 2 is 1.14 bits per heavy atom. The number of nitrogens with two attached hydrogens (primary N) is 1. The van der Waals surface area contributed by atoms with Crippen molar-refractivity contribution in [2.24, 2.45) is 5.73 Å². The first-order valence-electron chi connectivity index (χ1n) is 5.21. The van der Waals surface area contributed by atoms with Crippen molar-refractivity contribution in [2.45, 2.75) is 20.8 Å². The third-order valence-corrected chi connectivity index (χ3v) is 0.610. The Morgan fingerprint density at radius 1 is 0.905 bits per heavy atom. The van der Waals surface area contributed by atoms with Crippen molar-refractivity contribution < 1.29 is 51.6 Å². The van der Waals surface area contributed by atoms with E-state index in [1.807, 2.05) is 0 Å². The second kappa shape index (κ2) is 36.7. The molecule has 9 nitrogen and oxygen atoms in total. The first-order chi connectivity index (χ1) is 8.61. The average Bonchev–Trinajstić information content (AvgIpc) is 2.15. The van der Waals surface area contributed by atoms with Gasteiger partial charge in [-0.1, -0.05) is 0 Å². The van der Waals surface area contributed by atoms with Crippen LogP contribution < -0.4 is 11.1 Å². The van der Waals surface area contributed by atoms with Crippen LogP contribution in [-0.2, 0) is 31.2 Å². The van der Waals surface area contributed by atoms with Crippen LogP contribution in [0.3, 0.4) is 0 Å². The SMILES string of the molecule is CC(=O)O.CC(=O)O.CC(=O)O.NCCNCCO.[Co].[Na]. The van der Waals surface area contributed by atoms with Gasteiger partial charge < -0.3 is 31.5 Å². The number of nitrogens with one attached hydrogen (secondary N) is 1. The molecule has 0 rings (SSSR count). The van der Waals surface area contributed by atoms with Crippen molar-refractivity contribution in [1.82, 2.24) is 5.32 Å². The Labute approximate surface area is 156 Å². The molecule has 0 aromatic rings. The zero-order valence-electron chi connectivity index (χ0n) is 12.8. The van der Waals surface area contributed by atoms with Gasteiger partial charge in [0.2, 0.25) is 0 Å². The second-order valence-electron chi connectivity index (χ2n) is 2.82. The van der Waals surface area contributed by atoms with Crippen molar-refractivity contribution in [1.29, 1.82) is 0 Å². The molecule has 0 atom stereocenters. The predicted octanol–water partition coefficient (Wildman–Crippen LogP) is -1.58. The van der Waals surface area contributed by atoms with Crippen molar-refractivity contribution in [2.75, 3.05) is 26.2 Å². The molecule has 0 aliphatic rings. The third-order valence-electron chi connectivity index (χ3n) is 0.610. The van der Waals surface area contributed by atoms with Gasteiger partial charge in [0.15, 0.2) is 0 Å². The largest absolute Gasteiger partial charge is 0.481 e. The molecule has 21 heavy (non-hydrogen) atoms. The number of carbonyl (C=O) groups is 3. The summed E-state index contributed by atoms with van der Waals surface area (Å²) in [4.78, 5) is 27.0. The van der Waals surface area contributed by atoms with Crippen LogP contribution in [0.2, 0.25) is 0 Å². The van der Waals surface area contributed by atoms with Gasteiger partial charge in [-0.3, -0.25) is 14.4 Å². The van der Waals surface area contributed by atoms with E-state index in [1.54, 1.807) is 0 Å². The molecule has 0 heterocycles. The van der Waals surface area contributed by atoms with Crippen molar-refractivity contribution in [3.05, 3.63) is 0 Å². The van der Waals surface area contributed by atoms with E-state index in [9.17, 15) is 0 Å². The number of rotatable bonds is 4. The van der Waals surface area contributed by atoms with E-state index in [-0.39, 0.29) is 52.9 Å². The van der Waals surface area contributed by atoms with Gasteiger partial charge in [0.1, 0.15) is 0 Å². The molecule has 11 heteroatoms. The maximum Gasteiger partial charge on any atom is 0.300 e. The molecule has 0 saturated heterocycles. The molecule has 0 spiro atoms. The minimum absolute atomic E-state index is 0. The molecule has 0 amide bonds. The summed E-state index contributed by atoms with van der Waals surface area (Å²) in [5.74, 6) is -2.50. The first-order valence-corrected chi connectivity index (χ1v) is 5.21. The molecule has 126 valence electrons. The van der Waals surface area contributed by atoms with Crippen LogP contribution in [0.25, 0.3) is 0 Å². The van der Waals surface area contributed by atoms with Crippen molar-refractivity contribution >= 4 is 47.5 Å². The molecule has 0 fully saturated rings. The van der Waals surface area contributed by atoms with Gasteiger partial charge in [-0.2, -0.15) is 0 Å². The topological polar surface area (TPSA) is 170 Å². The van der Waals surface area contributed by atoms with E-state index in [0.29, 0.717) is 13.1 Å². The Hall–Kier alpha value is -0.204. The Bertz CT molecular complexity index is 189. The fraction of sp³-hybridized carbons (Fsp3) is 0.700. The molecule has 0 aliphatic heterocycles. The Kier molecular flexibility index (Phi) is 65.1. The van der Waals surface area contributed by atoms with E-state index in [0.717, 1.165) is 27.3 Å². The maximum atomic E-state index is 9.00. The number of aliphatic carboxylic acids is 3. The van der Waals surface area contributed by atoms with Gasteiger partial charge in [0.25, 0.3) is 17.9 Å². The molecule has 0 aliphatic carbocycles. The molecule has 7 N–H and O–H groups in total. The van der Waals surface area contributed by atoms with Crippen LogP contribution in [0.15, 0.2) is 0 Å². The summed E-state index contributed by atoms with van der Waals surface area (Å²) in [5.41, 5.74) is 5.13. The number of hydrogen-bond acceptors (Lipinski definition) is 6. The van der Waals surface area contributed by atoms with E-state index in [2.05, 4.69) is 5.32 Å². The molecular formula is C10H24CoN2NaO7. The summed E-state index contributed by atoms with van der Waals surface area (Å²) in [6.45, 7) is 5.53. The smallest absolute Gasteiger partial charge is 0.300 e. The quantitative estimate of drug-likeness (QED) is 0.254. The summed E-state index contributed by atoms with van der Waals surface area (Å²) in [6, 6.07) is 0. The second-order valence-corrected chi connectivity index (χ2v) is 2.82. The molecule has 0 aromatic carbocycles. The van der Waals surface area contributed by atoms with Gasteiger partial charge in [-0.25, -0.2) is 0 Å². The summed E-state index contributed by atoms with van der Waals surface area (Å²) in [6.07, 6.45) is 0. The van der Waals surface area contributed by atoms with Gasteiger partial charge in [-0.05, 0) is 0 Å². The molecule has 0 saturated carbocycles. The van der Waals surface area contributed by atoms with E-state index in [1.165, 1.54) is 0 Å². The average molecular weight is 366 g/mol. The van der Waals surface area contributed by atoms with Crippen LogP contribution in [0.4, 0.5) is 0 Å². The molecule has 2 radical (unpaired) electrons. The normalized spacial score (nSPS) is 6.71. The van der Waals surface area contributed by atoms with E-state index in [4.69, 9.17) is 40.5 Å². The van der Waals surface area contributed by atoms with Crippen LogP contribution in [0.1, 0.15) is 20.8 Å². The van der Waals surface area contributed by atoms with Crippen LogP contribution in [0.5, 0.6) is 0 Å². The fourth-order valence-corrected chi connectivity index (χ4v) is 0.306. The maximum absolute atomic E-state index is 9.00. The van der Waals surface area contributed by atoms with Gasteiger partial charge in [0.05, 0.1) is 6.61 Å². The van der Waals surface area contributed by atoms with Crippen LogP contribution in [0, 0.1) is 0 Å². The predicted molar refractivity (Wildman–Crippen MR) is 74.7 cm³/mol. The van der Waals surface area contributed by atoms with Gasteiger partial charge in [-0.15, -0.1) is 0 Å². The Morgan fingerprint density at radius 3 is 1.29 bits per heavy atom. The summed E-state index contributed by atoms with van der Waals surface area (Å²) >= 11 is 0. The standard InChI is InChI=1S/C4H12N2O.3C2H4O2.Co.Na/c5-1-2-6-3-4-7;3*1-2(3)4;;/h6-7H,1-5H2;3*1H3,(H,3,4);;. The molecule has 0 unspecified atom stereocenters. The van der Waals surface area contributed by atoms with Gasteiger partial charge in [0, 0.05) is 86.7 Å². The zero-order chi connectivity index (χ0) is 16.3. The molecular weight excluding hydrogens is 342 g/mol. The monoisotopic (exact) mass is 366 g/mol. The number of hydrogen-bond donors (Lipinski definition) is 6. The minimum Gasteiger partial charge on any atom is -0.481 e. The third kappa shape index (κ3) is 435. The zero-order valence-corrected chi connectivity index (χ0v) is 15.8. The number of carboxylic acid groups (broad SMARTS) is 3. The Balaban J connectivity index is -0.0000000359.